The molecule has 0 spiro atoms. The van der Waals surface area contributed by atoms with E-state index < -0.39 is 0 Å². The van der Waals surface area contributed by atoms with Gasteiger partial charge in [-0.05, 0) is 37.9 Å². The van der Waals surface area contributed by atoms with Crippen molar-refractivity contribution in [3.8, 4) is 0 Å². The van der Waals surface area contributed by atoms with E-state index in [1.54, 1.807) is 0 Å². The van der Waals surface area contributed by atoms with Gasteiger partial charge in [-0.3, -0.25) is 0 Å². The van der Waals surface area contributed by atoms with E-state index in [1.165, 1.54) is 12.0 Å². The van der Waals surface area contributed by atoms with Gasteiger partial charge in [0.25, 0.3) is 0 Å². The molecule has 2 N–H and O–H groups in total. The van der Waals surface area contributed by atoms with Crippen LogP contribution < -0.4 is 5.73 Å². The third-order valence-electron chi connectivity index (χ3n) is 2.98. The van der Waals surface area contributed by atoms with Crippen molar-refractivity contribution in [3.05, 3.63) is 35.9 Å². The highest BCUT2D eigenvalue weighted by atomic mass is 15.1. The van der Waals surface area contributed by atoms with Crippen molar-refractivity contribution in [3.63, 3.8) is 0 Å². The SMILES string of the molecule is CC(C)CCN(C)CC(N)Cc1ccccc1. The number of hydrogen-bond donors (Lipinski definition) is 1. The minimum Gasteiger partial charge on any atom is -0.326 e. The highest BCUT2D eigenvalue weighted by molar-refractivity contribution is 5.15. The summed E-state index contributed by atoms with van der Waals surface area (Å²) in [6.45, 7) is 6.64. The van der Waals surface area contributed by atoms with Gasteiger partial charge in [0.1, 0.15) is 0 Å². The molecule has 0 fully saturated rings. The summed E-state index contributed by atoms with van der Waals surface area (Å²) in [4.78, 5) is 2.34. The summed E-state index contributed by atoms with van der Waals surface area (Å²) < 4.78 is 0. The van der Waals surface area contributed by atoms with Crippen LogP contribution in [0, 0.1) is 5.92 Å². The first kappa shape index (κ1) is 14.2. The first-order valence-electron chi connectivity index (χ1n) is 6.56. The zero-order valence-electron chi connectivity index (χ0n) is 11.4. The largest absolute Gasteiger partial charge is 0.326 e. The van der Waals surface area contributed by atoms with Crippen LogP contribution >= 0.6 is 0 Å². The molecular weight excluding hydrogens is 208 g/mol. The van der Waals surface area contributed by atoms with E-state index >= 15 is 0 Å². The average molecular weight is 234 g/mol. The van der Waals surface area contributed by atoms with E-state index in [0.717, 1.165) is 25.4 Å². The van der Waals surface area contributed by atoms with Gasteiger partial charge in [-0.15, -0.1) is 0 Å². The van der Waals surface area contributed by atoms with Crippen LogP contribution in [0.4, 0.5) is 0 Å². The molecule has 2 nitrogen and oxygen atoms in total. The number of hydrogen-bond acceptors (Lipinski definition) is 2. The van der Waals surface area contributed by atoms with Crippen LogP contribution in [-0.2, 0) is 6.42 Å². The van der Waals surface area contributed by atoms with Crippen molar-refractivity contribution in [2.24, 2.45) is 11.7 Å². The predicted octanol–water partition coefficient (Wildman–Crippen LogP) is 2.53. The number of nitrogens with two attached hydrogens (primary N) is 1. The minimum absolute atomic E-state index is 0.231. The summed E-state index contributed by atoms with van der Waals surface area (Å²) in [5, 5.41) is 0. The van der Waals surface area contributed by atoms with Crippen LogP contribution in [0.5, 0.6) is 0 Å². The van der Waals surface area contributed by atoms with Crippen molar-refractivity contribution in [2.45, 2.75) is 32.7 Å². The number of nitrogens with zero attached hydrogens (tertiary/aromatic N) is 1. The summed E-state index contributed by atoms with van der Waals surface area (Å²) in [6, 6.07) is 10.7. The molecule has 0 aliphatic carbocycles. The third kappa shape index (κ3) is 6.44. The maximum atomic E-state index is 6.17. The summed E-state index contributed by atoms with van der Waals surface area (Å²) in [7, 11) is 2.16. The van der Waals surface area contributed by atoms with Crippen molar-refractivity contribution in [2.75, 3.05) is 20.1 Å². The summed E-state index contributed by atoms with van der Waals surface area (Å²) >= 11 is 0. The van der Waals surface area contributed by atoms with Gasteiger partial charge in [-0.2, -0.15) is 0 Å². The van der Waals surface area contributed by atoms with Gasteiger partial charge >= 0.3 is 0 Å². The van der Waals surface area contributed by atoms with Crippen LogP contribution in [0.2, 0.25) is 0 Å². The zero-order chi connectivity index (χ0) is 12.7. The molecule has 0 aliphatic heterocycles. The van der Waals surface area contributed by atoms with Gasteiger partial charge in [0.2, 0.25) is 0 Å². The second-order valence-electron chi connectivity index (χ2n) is 5.39. The Labute approximate surface area is 106 Å². The van der Waals surface area contributed by atoms with Crippen molar-refractivity contribution >= 4 is 0 Å². The van der Waals surface area contributed by atoms with Crippen LogP contribution in [0.25, 0.3) is 0 Å². The standard InChI is InChI=1S/C15H26N2/c1-13(2)9-10-17(3)12-15(16)11-14-7-5-4-6-8-14/h4-8,13,15H,9-12,16H2,1-3H3. The first-order valence-corrected chi connectivity index (χ1v) is 6.56. The minimum atomic E-state index is 0.231. The Morgan fingerprint density at radius 3 is 2.41 bits per heavy atom. The average Bonchev–Trinajstić information content (AvgIpc) is 2.27. The first-order chi connectivity index (χ1) is 8.08. The maximum absolute atomic E-state index is 6.17. The van der Waals surface area contributed by atoms with Gasteiger partial charge in [0, 0.05) is 12.6 Å². The van der Waals surface area contributed by atoms with Gasteiger partial charge in [-0.1, -0.05) is 44.2 Å². The number of benzene rings is 1. The molecule has 1 aromatic rings. The molecule has 0 bridgehead atoms. The fourth-order valence-electron chi connectivity index (χ4n) is 1.95. The molecule has 0 radical (unpaired) electrons. The van der Waals surface area contributed by atoms with Crippen LogP contribution in [-0.4, -0.2) is 31.1 Å². The maximum Gasteiger partial charge on any atom is 0.0208 e. The topological polar surface area (TPSA) is 29.3 Å². The van der Waals surface area contributed by atoms with E-state index in [9.17, 15) is 0 Å². The Kier molecular flexibility index (Phi) is 6.23. The molecule has 0 aliphatic rings. The lowest BCUT2D eigenvalue weighted by atomic mass is 10.1. The Hall–Kier alpha value is -0.860. The van der Waals surface area contributed by atoms with Crippen molar-refractivity contribution in [1.82, 2.24) is 4.90 Å². The van der Waals surface area contributed by atoms with E-state index in [4.69, 9.17) is 5.73 Å². The monoisotopic (exact) mass is 234 g/mol. The highest BCUT2D eigenvalue weighted by Gasteiger charge is 2.08. The molecule has 17 heavy (non-hydrogen) atoms. The molecule has 1 rings (SSSR count). The van der Waals surface area contributed by atoms with Crippen molar-refractivity contribution < 1.29 is 0 Å². The Balaban J connectivity index is 2.27. The molecule has 2 heteroatoms. The fraction of sp³-hybridized carbons (Fsp3) is 0.600. The van der Waals surface area contributed by atoms with Crippen LogP contribution in [0.3, 0.4) is 0 Å². The molecule has 1 unspecified atom stereocenters. The van der Waals surface area contributed by atoms with Crippen LogP contribution in [0.1, 0.15) is 25.8 Å². The molecule has 1 atom stereocenters. The quantitative estimate of drug-likeness (QED) is 0.785. The van der Waals surface area contributed by atoms with Gasteiger partial charge in [-0.25, -0.2) is 0 Å². The van der Waals surface area contributed by atoms with E-state index in [0.29, 0.717) is 0 Å². The van der Waals surface area contributed by atoms with Gasteiger partial charge in [0.15, 0.2) is 0 Å². The molecule has 0 aromatic heterocycles. The highest BCUT2D eigenvalue weighted by Crippen LogP contribution is 2.04. The molecule has 0 saturated heterocycles. The predicted molar refractivity (Wildman–Crippen MR) is 75.1 cm³/mol. The van der Waals surface area contributed by atoms with Gasteiger partial charge < -0.3 is 10.6 Å². The smallest absolute Gasteiger partial charge is 0.0208 e. The molecule has 1 aromatic carbocycles. The number of rotatable bonds is 7. The normalized spacial score (nSPS) is 13.3. The van der Waals surface area contributed by atoms with Crippen molar-refractivity contribution in [1.29, 1.82) is 0 Å². The Bertz CT molecular complexity index is 295. The molecule has 0 heterocycles. The summed E-state index contributed by atoms with van der Waals surface area (Å²) in [5.41, 5.74) is 7.50. The Morgan fingerprint density at radius 2 is 1.82 bits per heavy atom. The third-order valence-corrected chi connectivity index (χ3v) is 2.98. The van der Waals surface area contributed by atoms with Gasteiger partial charge in [0.05, 0.1) is 0 Å². The molecule has 0 saturated carbocycles. The molecule has 96 valence electrons. The lowest BCUT2D eigenvalue weighted by molar-refractivity contribution is 0.290. The molecule has 0 amide bonds. The zero-order valence-corrected chi connectivity index (χ0v) is 11.4. The fourth-order valence-corrected chi connectivity index (χ4v) is 1.95. The Morgan fingerprint density at radius 1 is 1.18 bits per heavy atom. The number of likely N-dealkylation sites (N-methyl/N-ethyl adjacent to an activating group) is 1. The van der Waals surface area contributed by atoms with E-state index in [2.05, 4.69) is 50.1 Å². The van der Waals surface area contributed by atoms with Crippen LogP contribution in [0.15, 0.2) is 30.3 Å². The summed E-state index contributed by atoms with van der Waals surface area (Å²) in [5.74, 6) is 0.766. The lowest BCUT2D eigenvalue weighted by Gasteiger charge is -2.22. The van der Waals surface area contributed by atoms with E-state index in [1.807, 2.05) is 6.07 Å². The second kappa shape index (κ2) is 7.46. The molecular formula is C15H26N2. The second-order valence-corrected chi connectivity index (χ2v) is 5.39. The summed E-state index contributed by atoms with van der Waals surface area (Å²) in [6.07, 6.45) is 2.21. The lowest BCUT2D eigenvalue weighted by Crippen LogP contribution is -2.37. The van der Waals surface area contributed by atoms with E-state index in [-0.39, 0.29) is 6.04 Å².